The van der Waals surface area contributed by atoms with E-state index in [0.717, 1.165) is 23.9 Å². The smallest absolute Gasteiger partial charge is 0.324 e. The van der Waals surface area contributed by atoms with Crippen LogP contribution in [0.1, 0.15) is 38.5 Å². The van der Waals surface area contributed by atoms with E-state index in [-0.39, 0.29) is 30.8 Å². The van der Waals surface area contributed by atoms with Crippen molar-refractivity contribution < 1.29 is 14.4 Å². The Morgan fingerprint density at radius 3 is 2.77 bits per heavy atom. The first kappa shape index (κ1) is 16.6. The Bertz CT molecular complexity index is 836. The summed E-state index contributed by atoms with van der Waals surface area (Å²) in [6, 6.07) is 7.17. The molecule has 2 aliphatic rings. The minimum atomic E-state index is -0.687. The van der Waals surface area contributed by atoms with Crippen molar-refractivity contribution in [3.63, 3.8) is 0 Å². The van der Waals surface area contributed by atoms with Gasteiger partial charge in [-0.25, -0.2) is 9.78 Å². The molecule has 0 radical (unpaired) electrons. The van der Waals surface area contributed by atoms with Crippen molar-refractivity contribution in [2.24, 2.45) is 0 Å². The molecule has 0 bridgehead atoms. The number of H-pyrrole nitrogens is 1. The third-order valence-corrected chi connectivity index (χ3v) is 5.14. The van der Waals surface area contributed by atoms with Gasteiger partial charge in [-0.3, -0.25) is 19.8 Å². The van der Waals surface area contributed by atoms with Crippen molar-refractivity contribution in [1.29, 1.82) is 0 Å². The Morgan fingerprint density at radius 2 is 2.00 bits per heavy atom. The largest absolute Gasteiger partial charge is 0.325 e. The van der Waals surface area contributed by atoms with Crippen molar-refractivity contribution in [2.45, 2.75) is 44.1 Å². The summed E-state index contributed by atoms with van der Waals surface area (Å²) < 4.78 is 0. The van der Waals surface area contributed by atoms with Crippen LogP contribution < -0.4 is 10.6 Å². The van der Waals surface area contributed by atoms with E-state index in [4.69, 9.17) is 0 Å². The highest BCUT2D eigenvalue weighted by atomic mass is 16.2. The van der Waals surface area contributed by atoms with E-state index in [2.05, 4.69) is 20.6 Å². The molecule has 1 saturated carbocycles. The summed E-state index contributed by atoms with van der Waals surface area (Å²) in [4.78, 5) is 45.3. The molecule has 2 aromatic rings. The van der Waals surface area contributed by atoms with Gasteiger partial charge in [-0.1, -0.05) is 25.0 Å². The fourth-order valence-corrected chi connectivity index (χ4v) is 3.80. The average molecular weight is 355 g/mol. The SMILES string of the molecule is O=C(CCCN1C(=O)NC2(CCCC2)C1=O)Nc1nc2ccccc2[nH]1. The van der Waals surface area contributed by atoms with Crippen LogP contribution in [0, 0.1) is 0 Å². The number of rotatable bonds is 5. The summed E-state index contributed by atoms with van der Waals surface area (Å²) in [7, 11) is 0. The molecule has 2 heterocycles. The van der Waals surface area contributed by atoms with Crippen molar-refractivity contribution in [2.75, 3.05) is 11.9 Å². The first-order valence-corrected chi connectivity index (χ1v) is 8.96. The number of aromatic amines is 1. The number of para-hydroxylation sites is 2. The van der Waals surface area contributed by atoms with Crippen LogP contribution in [0.15, 0.2) is 24.3 Å². The number of imidazole rings is 1. The van der Waals surface area contributed by atoms with Gasteiger partial charge >= 0.3 is 6.03 Å². The summed E-state index contributed by atoms with van der Waals surface area (Å²) in [6.07, 6.45) is 3.96. The number of nitrogens with zero attached hydrogens (tertiary/aromatic N) is 2. The minimum Gasteiger partial charge on any atom is -0.324 e. The van der Waals surface area contributed by atoms with Crippen molar-refractivity contribution in [3.8, 4) is 0 Å². The van der Waals surface area contributed by atoms with Crippen LogP contribution >= 0.6 is 0 Å². The van der Waals surface area contributed by atoms with E-state index in [1.54, 1.807) is 0 Å². The van der Waals surface area contributed by atoms with E-state index in [9.17, 15) is 14.4 Å². The summed E-state index contributed by atoms with van der Waals surface area (Å²) >= 11 is 0. The van der Waals surface area contributed by atoms with Gasteiger partial charge in [0.2, 0.25) is 11.9 Å². The topological polar surface area (TPSA) is 107 Å². The minimum absolute atomic E-state index is 0.141. The van der Waals surface area contributed by atoms with Crippen LogP contribution in [-0.4, -0.2) is 44.8 Å². The molecule has 4 rings (SSSR count). The normalized spacial score (nSPS) is 18.7. The van der Waals surface area contributed by atoms with Gasteiger partial charge in [0.1, 0.15) is 5.54 Å². The number of hydrogen-bond donors (Lipinski definition) is 3. The zero-order valence-corrected chi connectivity index (χ0v) is 14.4. The molecule has 136 valence electrons. The molecule has 1 saturated heterocycles. The Morgan fingerprint density at radius 1 is 1.23 bits per heavy atom. The summed E-state index contributed by atoms with van der Waals surface area (Å²) in [5.41, 5.74) is 0.946. The Labute approximate surface area is 150 Å². The summed E-state index contributed by atoms with van der Waals surface area (Å²) in [6.45, 7) is 0.250. The monoisotopic (exact) mass is 355 g/mol. The molecule has 3 N–H and O–H groups in total. The van der Waals surface area contributed by atoms with Crippen LogP contribution in [0.25, 0.3) is 11.0 Å². The molecule has 1 aliphatic carbocycles. The van der Waals surface area contributed by atoms with Gasteiger partial charge < -0.3 is 10.3 Å². The van der Waals surface area contributed by atoms with E-state index in [1.165, 1.54) is 4.90 Å². The lowest BCUT2D eigenvalue weighted by molar-refractivity contribution is -0.131. The number of aromatic nitrogens is 2. The second kappa shape index (κ2) is 6.44. The molecule has 0 unspecified atom stereocenters. The number of urea groups is 1. The predicted molar refractivity (Wildman–Crippen MR) is 95.4 cm³/mol. The molecule has 1 aliphatic heterocycles. The maximum absolute atomic E-state index is 12.5. The first-order chi connectivity index (χ1) is 12.6. The number of benzene rings is 1. The molecule has 1 spiro atoms. The molecular formula is C18H21N5O3. The molecule has 1 aromatic carbocycles. The van der Waals surface area contributed by atoms with Gasteiger partial charge in [0.15, 0.2) is 0 Å². The Hall–Kier alpha value is -2.90. The number of hydrogen-bond acceptors (Lipinski definition) is 4. The van der Waals surface area contributed by atoms with Crippen LogP contribution in [0.2, 0.25) is 0 Å². The van der Waals surface area contributed by atoms with Gasteiger partial charge in [-0.05, 0) is 31.4 Å². The van der Waals surface area contributed by atoms with Gasteiger partial charge in [0.05, 0.1) is 11.0 Å². The molecule has 8 heteroatoms. The number of amides is 4. The maximum atomic E-state index is 12.5. The number of carbonyl (C=O) groups excluding carboxylic acids is 3. The lowest BCUT2D eigenvalue weighted by Crippen LogP contribution is -2.44. The van der Waals surface area contributed by atoms with E-state index >= 15 is 0 Å². The van der Waals surface area contributed by atoms with Crippen LogP contribution in [0.4, 0.5) is 10.7 Å². The van der Waals surface area contributed by atoms with E-state index in [1.807, 2.05) is 24.3 Å². The van der Waals surface area contributed by atoms with E-state index < -0.39 is 5.54 Å². The number of nitrogens with one attached hydrogen (secondary N) is 3. The number of imide groups is 1. The van der Waals surface area contributed by atoms with E-state index in [0.29, 0.717) is 25.2 Å². The van der Waals surface area contributed by atoms with Gasteiger partial charge in [-0.2, -0.15) is 0 Å². The van der Waals surface area contributed by atoms with Gasteiger partial charge in [0, 0.05) is 13.0 Å². The van der Waals surface area contributed by atoms with Gasteiger partial charge in [-0.15, -0.1) is 0 Å². The van der Waals surface area contributed by atoms with Gasteiger partial charge in [0.25, 0.3) is 5.91 Å². The molecular weight excluding hydrogens is 334 g/mol. The fourth-order valence-electron chi connectivity index (χ4n) is 3.80. The molecule has 0 atom stereocenters. The fraction of sp³-hybridized carbons (Fsp3) is 0.444. The van der Waals surface area contributed by atoms with Crippen molar-refractivity contribution in [3.05, 3.63) is 24.3 Å². The van der Waals surface area contributed by atoms with Crippen molar-refractivity contribution in [1.82, 2.24) is 20.2 Å². The zero-order chi connectivity index (χ0) is 18.1. The number of carbonyl (C=O) groups is 3. The maximum Gasteiger partial charge on any atom is 0.325 e. The molecule has 1 aromatic heterocycles. The first-order valence-electron chi connectivity index (χ1n) is 8.96. The standard InChI is InChI=1S/C18H21N5O3/c24-14(21-16-19-12-6-1-2-7-13(12)20-16)8-5-11-23-15(25)18(22-17(23)26)9-3-4-10-18/h1-2,6-7H,3-5,8-11H2,(H,22,26)(H2,19,20,21,24). The lowest BCUT2D eigenvalue weighted by atomic mass is 9.98. The summed E-state index contributed by atoms with van der Waals surface area (Å²) in [5.74, 6) is 0.0560. The van der Waals surface area contributed by atoms with Crippen LogP contribution in [0.5, 0.6) is 0 Å². The highest BCUT2D eigenvalue weighted by Crippen LogP contribution is 2.35. The summed E-state index contributed by atoms with van der Waals surface area (Å²) in [5, 5.41) is 5.56. The zero-order valence-electron chi connectivity index (χ0n) is 14.4. The molecule has 4 amide bonds. The van der Waals surface area contributed by atoms with Crippen LogP contribution in [-0.2, 0) is 9.59 Å². The second-order valence-corrected chi connectivity index (χ2v) is 6.93. The predicted octanol–water partition coefficient (Wildman–Crippen LogP) is 2.15. The highest BCUT2D eigenvalue weighted by Gasteiger charge is 2.51. The van der Waals surface area contributed by atoms with Crippen LogP contribution in [0.3, 0.4) is 0 Å². The van der Waals surface area contributed by atoms with Crippen molar-refractivity contribution >= 4 is 34.8 Å². The average Bonchev–Trinajstić information content (AvgIpc) is 3.29. The lowest BCUT2D eigenvalue weighted by Gasteiger charge is -2.19. The Balaban J connectivity index is 1.29. The quantitative estimate of drug-likeness (QED) is 0.714. The molecule has 26 heavy (non-hydrogen) atoms. The number of fused-ring (bicyclic) bond motifs is 1. The second-order valence-electron chi connectivity index (χ2n) is 6.93. The third-order valence-electron chi connectivity index (χ3n) is 5.14. The molecule has 2 fully saturated rings. The Kier molecular flexibility index (Phi) is 4.10. The number of anilines is 1. The molecule has 8 nitrogen and oxygen atoms in total. The third kappa shape index (κ3) is 2.91. The highest BCUT2D eigenvalue weighted by molar-refractivity contribution is 6.07.